The van der Waals surface area contributed by atoms with Crippen LogP contribution in [0.25, 0.3) is 0 Å². The zero-order valence-electron chi connectivity index (χ0n) is 9.40. The molecule has 0 atom stereocenters. The largest absolute Gasteiger partial charge is 0.424 e. The third-order valence-corrected chi connectivity index (χ3v) is 2.68. The van der Waals surface area contributed by atoms with E-state index >= 15 is 0 Å². The molecule has 4 heteroatoms. The Balaban J connectivity index is 2.30. The maximum absolute atomic E-state index is 11.0. The standard InChI is InChI=1S/C12H16N2O2/c1-9(15)16-12-8-10(13)4-5-11(12)14-6-2-3-7-14/h4-5,8H,2-3,6-7,13H2,1H3. The second-order valence-corrected chi connectivity index (χ2v) is 4.01. The predicted molar refractivity (Wildman–Crippen MR) is 63.6 cm³/mol. The van der Waals surface area contributed by atoms with E-state index in [0.717, 1.165) is 18.8 Å². The average molecular weight is 220 g/mol. The summed E-state index contributed by atoms with van der Waals surface area (Å²) >= 11 is 0. The van der Waals surface area contributed by atoms with E-state index in [1.807, 2.05) is 12.1 Å². The summed E-state index contributed by atoms with van der Waals surface area (Å²) in [7, 11) is 0. The van der Waals surface area contributed by atoms with Gasteiger partial charge >= 0.3 is 5.97 Å². The van der Waals surface area contributed by atoms with Gasteiger partial charge in [-0.25, -0.2) is 0 Å². The van der Waals surface area contributed by atoms with Crippen LogP contribution in [0.2, 0.25) is 0 Å². The van der Waals surface area contributed by atoms with Crippen molar-refractivity contribution in [1.29, 1.82) is 0 Å². The lowest BCUT2D eigenvalue weighted by Crippen LogP contribution is -2.19. The highest BCUT2D eigenvalue weighted by molar-refractivity contribution is 5.74. The fourth-order valence-electron chi connectivity index (χ4n) is 1.99. The zero-order chi connectivity index (χ0) is 11.5. The van der Waals surface area contributed by atoms with Gasteiger partial charge in [-0.15, -0.1) is 0 Å². The van der Waals surface area contributed by atoms with Gasteiger partial charge in [0.15, 0.2) is 5.75 Å². The highest BCUT2D eigenvalue weighted by atomic mass is 16.5. The minimum Gasteiger partial charge on any atom is -0.424 e. The van der Waals surface area contributed by atoms with Gasteiger partial charge in [-0.2, -0.15) is 0 Å². The van der Waals surface area contributed by atoms with Crippen molar-refractivity contribution in [2.45, 2.75) is 19.8 Å². The SMILES string of the molecule is CC(=O)Oc1cc(N)ccc1N1CCCC1. The van der Waals surface area contributed by atoms with Gasteiger partial charge in [-0.1, -0.05) is 0 Å². The summed E-state index contributed by atoms with van der Waals surface area (Å²) in [6, 6.07) is 5.45. The Hall–Kier alpha value is -1.71. The van der Waals surface area contributed by atoms with Gasteiger partial charge in [-0.3, -0.25) is 4.79 Å². The first-order chi connectivity index (χ1) is 7.66. The maximum atomic E-state index is 11.0. The summed E-state index contributed by atoms with van der Waals surface area (Å²) in [6.07, 6.45) is 2.37. The molecular formula is C12H16N2O2. The van der Waals surface area contributed by atoms with Crippen LogP contribution in [-0.4, -0.2) is 19.1 Å². The predicted octanol–water partition coefficient (Wildman–Crippen LogP) is 1.79. The topological polar surface area (TPSA) is 55.6 Å². The number of carbonyl (C=O) groups excluding carboxylic acids is 1. The van der Waals surface area contributed by atoms with E-state index in [1.54, 1.807) is 6.07 Å². The van der Waals surface area contributed by atoms with Crippen molar-refractivity contribution >= 4 is 17.3 Å². The van der Waals surface area contributed by atoms with Crippen molar-refractivity contribution in [3.63, 3.8) is 0 Å². The van der Waals surface area contributed by atoms with Crippen LogP contribution >= 0.6 is 0 Å². The highest BCUT2D eigenvalue weighted by Gasteiger charge is 2.17. The molecule has 16 heavy (non-hydrogen) atoms. The molecule has 1 aliphatic heterocycles. The smallest absolute Gasteiger partial charge is 0.308 e. The van der Waals surface area contributed by atoms with Crippen molar-refractivity contribution in [3.05, 3.63) is 18.2 Å². The Bertz CT molecular complexity index is 398. The summed E-state index contributed by atoms with van der Waals surface area (Å²) < 4.78 is 5.18. The lowest BCUT2D eigenvalue weighted by molar-refractivity contribution is -0.131. The minimum atomic E-state index is -0.314. The molecule has 0 amide bonds. The molecule has 0 bridgehead atoms. The van der Waals surface area contributed by atoms with E-state index in [1.165, 1.54) is 19.8 Å². The zero-order valence-corrected chi connectivity index (χ0v) is 9.40. The van der Waals surface area contributed by atoms with Crippen LogP contribution in [0.15, 0.2) is 18.2 Å². The first-order valence-corrected chi connectivity index (χ1v) is 5.50. The Morgan fingerprint density at radius 1 is 1.38 bits per heavy atom. The molecule has 0 radical (unpaired) electrons. The van der Waals surface area contributed by atoms with Crippen molar-refractivity contribution in [2.75, 3.05) is 23.7 Å². The number of benzene rings is 1. The van der Waals surface area contributed by atoms with Gasteiger partial charge in [0.05, 0.1) is 5.69 Å². The Morgan fingerprint density at radius 3 is 2.69 bits per heavy atom. The Kier molecular flexibility index (Phi) is 2.99. The van der Waals surface area contributed by atoms with Crippen molar-refractivity contribution in [1.82, 2.24) is 0 Å². The van der Waals surface area contributed by atoms with E-state index in [0.29, 0.717) is 11.4 Å². The minimum absolute atomic E-state index is 0.314. The number of anilines is 2. The summed E-state index contributed by atoms with van der Waals surface area (Å²) in [6.45, 7) is 3.42. The van der Waals surface area contributed by atoms with Crippen LogP contribution in [0, 0.1) is 0 Å². The van der Waals surface area contributed by atoms with Gasteiger partial charge in [0, 0.05) is 31.8 Å². The summed E-state index contributed by atoms with van der Waals surface area (Å²) in [5.41, 5.74) is 7.26. The molecule has 2 N–H and O–H groups in total. The first-order valence-electron chi connectivity index (χ1n) is 5.50. The number of rotatable bonds is 2. The molecular weight excluding hydrogens is 204 g/mol. The molecule has 1 fully saturated rings. The van der Waals surface area contributed by atoms with Crippen molar-refractivity contribution in [3.8, 4) is 5.75 Å². The second-order valence-electron chi connectivity index (χ2n) is 4.01. The quantitative estimate of drug-likeness (QED) is 0.469. The van der Waals surface area contributed by atoms with Crippen molar-refractivity contribution in [2.24, 2.45) is 0 Å². The second kappa shape index (κ2) is 4.43. The van der Waals surface area contributed by atoms with Gasteiger partial charge in [0.2, 0.25) is 0 Å². The number of nitrogens with two attached hydrogens (primary N) is 1. The lowest BCUT2D eigenvalue weighted by Gasteiger charge is -2.20. The molecule has 1 aromatic rings. The number of ether oxygens (including phenoxy) is 1. The Morgan fingerprint density at radius 2 is 2.06 bits per heavy atom. The van der Waals surface area contributed by atoms with E-state index in [9.17, 15) is 4.79 Å². The van der Waals surface area contributed by atoms with E-state index < -0.39 is 0 Å². The first kappa shape index (κ1) is 10.8. The van der Waals surface area contributed by atoms with Crippen molar-refractivity contribution < 1.29 is 9.53 Å². The Labute approximate surface area is 95.0 Å². The van der Waals surface area contributed by atoms with Crippen LogP contribution < -0.4 is 15.4 Å². The number of hydrogen-bond donors (Lipinski definition) is 1. The number of nitrogens with zero attached hydrogens (tertiary/aromatic N) is 1. The van der Waals surface area contributed by atoms with Crippen LogP contribution in [-0.2, 0) is 4.79 Å². The summed E-state index contributed by atoms with van der Waals surface area (Å²) in [5, 5.41) is 0. The molecule has 1 heterocycles. The third kappa shape index (κ3) is 2.27. The molecule has 0 unspecified atom stereocenters. The highest BCUT2D eigenvalue weighted by Crippen LogP contribution is 2.32. The molecule has 1 aliphatic rings. The molecule has 2 rings (SSSR count). The molecule has 0 spiro atoms. The average Bonchev–Trinajstić information content (AvgIpc) is 2.69. The molecule has 86 valence electrons. The summed E-state index contributed by atoms with van der Waals surface area (Å²) in [5.74, 6) is 0.250. The van der Waals surface area contributed by atoms with E-state index in [-0.39, 0.29) is 5.97 Å². The van der Waals surface area contributed by atoms with Crippen LogP contribution in [0.5, 0.6) is 5.75 Å². The summed E-state index contributed by atoms with van der Waals surface area (Å²) in [4.78, 5) is 13.2. The molecule has 4 nitrogen and oxygen atoms in total. The monoisotopic (exact) mass is 220 g/mol. The van der Waals surface area contributed by atoms with E-state index in [2.05, 4.69) is 4.90 Å². The number of esters is 1. The van der Waals surface area contributed by atoms with Gasteiger partial charge in [-0.05, 0) is 25.0 Å². The van der Waals surface area contributed by atoms with E-state index in [4.69, 9.17) is 10.5 Å². The number of carbonyl (C=O) groups is 1. The van der Waals surface area contributed by atoms with Crippen LogP contribution in [0.3, 0.4) is 0 Å². The normalized spacial score (nSPS) is 15.2. The molecule has 1 aromatic carbocycles. The van der Waals surface area contributed by atoms with Crippen LogP contribution in [0.1, 0.15) is 19.8 Å². The lowest BCUT2D eigenvalue weighted by atomic mass is 10.2. The molecule has 0 aliphatic carbocycles. The fourth-order valence-corrected chi connectivity index (χ4v) is 1.99. The number of nitrogen functional groups attached to an aromatic ring is 1. The molecule has 0 saturated carbocycles. The van der Waals surface area contributed by atoms with Gasteiger partial charge in [0.25, 0.3) is 0 Å². The maximum Gasteiger partial charge on any atom is 0.308 e. The van der Waals surface area contributed by atoms with Crippen LogP contribution in [0.4, 0.5) is 11.4 Å². The van der Waals surface area contributed by atoms with Gasteiger partial charge in [0.1, 0.15) is 0 Å². The molecule has 1 saturated heterocycles. The fraction of sp³-hybridized carbons (Fsp3) is 0.417. The number of hydrogen-bond acceptors (Lipinski definition) is 4. The van der Waals surface area contributed by atoms with Gasteiger partial charge < -0.3 is 15.4 Å². The molecule has 0 aromatic heterocycles. The third-order valence-electron chi connectivity index (χ3n) is 2.68.